The van der Waals surface area contributed by atoms with Gasteiger partial charge >= 0.3 is 5.97 Å². The maximum absolute atomic E-state index is 10.9. The highest BCUT2D eigenvalue weighted by Gasteiger charge is 2.08. The Hall–Kier alpha value is -1.37. The molecule has 0 fully saturated rings. The van der Waals surface area contributed by atoms with E-state index in [4.69, 9.17) is 5.11 Å². The molecule has 16 heavy (non-hydrogen) atoms. The Morgan fingerprint density at radius 3 is 2.75 bits per heavy atom. The van der Waals surface area contributed by atoms with E-state index in [1.54, 1.807) is 29.9 Å². The number of hydrogen-bond donors (Lipinski definition) is 1. The summed E-state index contributed by atoms with van der Waals surface area (Å²) in [6, 6.07) is 5.16. The molecule has 0 unspecified atom stereocenters. The lowest BCUT2D eigenvalue weighted by atomic mass is 10.1. The SMILES string of the molecule is Cc1cc(-n2cc(I)cn2)ccc1C(=O)O. The molecule has 1 aromatic carbocycles. The molecule has 1 aromatic heterocycles. The van der Waals surface area contributed by atoms with Crippen LogP contribution in [0.15, 0.2) is 30.6 Å². The molecule has 0 saturated heterocycles. The lowest BCUT2D eigenvalue weighted by molar-refractivity contribution is 0.0696. The number of rotatable bonds is 2. The van der Waals surface area contributed by atoms with E-state index in [2.05, 4.69) is 27.7 Å². The molecule has 1 heterocycles. The number of aromatic carboxylic acids is 1. The van der Waals surface area contributed by atoms with Gasteiger partial charge in [-0.2, -0.15) is 5.10 Å². The first-order valence-corrected chi connectivity index (χ1v) is 5.70. The highest BCUT2D eigenvalue weighted by atomic mass is 127. The predicted molar refractivity (Wildman–Crippen MR) is 68.0 cm³/mol. The average Bonchev–Trinajstić information content (AvgIpc) is 2.64. The Kier molecular flexibility index (Phi) is 2.95. The summed E-state index contributed by atoms with van der Waals surface area (Å²) < 4.78 is 2.76. The molecule has 0 aliphatic rings. The van der Waals surface area contributed by atoms with Crippen LogP contribution in [0.25, 0.3) is 5.69 Å². The van der Waals surface area contributed by atoms with Crippen LogP contribution in [0.3, 0.4) is 0 Å². The Labute approximate surface area is 106 Å². The van der Waals surface area contributed by atoms with Crippen LogP contribution in [0, 0.1) is 10.5 Å². The van der Waals surface area contributed by atoms with Crippen LogP contribution >= 0.6 is 22.6 Å². The third-order valence-electron chi connectivity index (χ3n) is 2.26. The predicted octanol–water partition coefficient (Wildman–Crippen LogP) is 2.48. The summed E-state index contributed by atoms with van der Waals surface area (Å²) in [6.07, 6.45) is 3.64. The van der Waals surface area contributed by atoms with Gasteiger partial charge in [0.2, 0.25) is 0 Å². The van der Waals surface area contributed by atoms with Crippen molar-refractivity contribution >= 4 is 28.6 Å². The molecule has 0 aliphatic heterocycles. The van der Waals surface area contributed by atoms with E-state index in [1.165, 1.54) is 0 Å². The summed E-state index contributed by atoms with van der Waals surface area (Å²) in [7, 11) is 0. The number of halogens is 1. The molecule has 0 atom stereocenters. The van der Waals surface area contributed by atoms with Crippen molar-refractivity contribution in [2.45, 2.75) is 6.92 Å². The fourth-order valence-electron chi connectivity index (χ4n) is 1.47. The maximum Gasteiger partial charge on any atom is 0.335 e. The standard InChI is InChI=1S/C11H9IN2O2/c1-7-4-9(2-3-10(7)11(15)16)14-6-8(12)5-13-14/h2-6H,1H3,(H,15,16). The third-order valence-corrected chi connectivity index (χ3v) is 2.81. The Balaban J connectivity index is 2.45. The van der Waals surface area contributed by atoms with Gasteiger partial charge in [0.25, 0.3) is 0 Å². The number of aryl methyl sites for hydroxylation is 1. The van der Waals surface area contributed by atoms with E-state index in [1.807, 2.05) is 12.3 Å². The van der Waals surface area contributed by atoms with Crippen molar-refractivity contribution in [2.75, 3.05) is 0 Å². The van der Waals surface area contributed by atoms with E-state index < -0.39 is 5.97 Å². The van der Waals surface area contributed by atoms with Crippen LogP contribution in [-0.4, -0.2) is 20.9 Å². The number of aromatic nitrogens is 2. The molecular formula is C11H9IN2O2. The molecule has 0 bridgehead atoms. The van der Waals surface area contributed by atoms with Crippen LogP contribution in [-0.2, 0) is 0 Å². The van der Waals surface area contributed by atoms with E-state index in [0.717, 1.165) is 14.8 Å². The Morgan fingerprint density at radius 2 is 2.25 bits per heavy atom. The Bertz CT molecular complexity index is 549. The first kappa shape index (κ1) is 11.1. The van der Waals surface area contributed by atoms with Gasteiger partial charge in [0.1, 0.15) is 0 Å². The van der Waals surface area contributed by atoms with Crippen molar-refractivity contribution in [3.05, 3.63) is 45.3 Å². The summed E-state index contributed by atoms with van der Waals surface area (Å²) in [5.74, 6) is -0.904. The summed E-state index contributed by atoms with van der Waals surface area (Å²) in [4.78, 5) is 10.9. The summed E-state index contributed by atoms with van der Waals surface area (Å²) in [6.45, 7) is 1.78. The van der Waals surface area contributed by atoms with Crippen LogP contribution < -0.4 is 0 Å². The molecule has 5 heteroatoms. The second kappa shape index (κ2) is 4.25. The molecule has 0 spiro atoms. The highest BCUT2D eigenvalue weighted by Crippen LogP contribution is 2.15. The minimum Gasteiger partial charge on any atom is -0.478 e. The van der Waals surface area contributed by atoms with Gasteiger partial charge < -0.3 is 5.11 Å². The zero-order valence-electron chi connectivity index (χ0n) is 8.51. The van der Waals surface area contributed by atoms with Crippen molar-refractivity contribution in [3.63, 3.8) is 0 Å². The minimum absolute atomic E-state index is 0.325. The molecule has 2 aromatic rings. The van der Waals surface area contributed by atoms with Gasteiger partial charge in [-0.1, -0.05) is 0 Å². The molecule has 4 nitrogen and oxygen atoms in total. The topological polar surface area (TPSA) is 55.1 Å². The molecule has 2 rings (SSSR count). The molecule has 1 N–H and O–H groups in total. The first-order valence-electron chi connectivity index (χ1n) is 4.62. The number of hydrogen-bond acceptors (Lipinski definition) is 2. The number of carboxylic acid groups (broad SMARTS) is 1. The normalized spacial score (nSPS) is 10.4. The second-order valence-electron chi connectivity index (χ2n) is 3.41. The van der Waals surface area contributed by atoms with E-state index >= 15 is 0 Å². The number of benzene rings is 1. The lowest BCUT2D eigenvalue weighted by Gasteiger charge is -2.05. The molecule has 0 aliphatic carbocycles. The van der Waals surface area contributed by atoms with Crippen molar-refractivity contribution in [2.24, 2.45) is 0 Å². The zero-order chi connectivity index (χ0) is 11.7. The molecule has 82 valence electrons. The van der Waals surface area contributed by atoms with Crippen molar-refractivity contribution in [1.29, 1.82) is 0 Å². The van der Waals surface area contributed by atoms with Gasteiger partial charge in [-0.05, 0) is 53.3 Å². The zero-order valence-corrected chi connectivity index (χ0v) is 10.7. The molecular weight excluding hydrogens is 319 g/mol. The van der Waals surface area contributed by atoms with Gasteiger partial charge in [0.05, 0.1) is 21.0 Å². The van der Waals surface area contributed by atoms with Crippen LogP contribution in [0.2, 0.25) is 0 Å². The van der Waals surface area contributed by atoms with Gasteiger partial charge in [0.15, 0.2) is 0 Å². The quantitative estimate of drug-likeness (QED) is 0.862. The molecule has 0 radical (unpaired) electrons. The van der Waals surface area contributed by atoms with Gasteiger partial charge in [-0.3, -0.25) is 0 Å². The number of carboxylic acids is 1. The van der Waals surface area contributed by atoms with Crippen LogP contribution in [0.4, 0.5) is 0 Å². The summed E-state index contributed by atoms with van der Waals surface area (Å²) in [5, 5.41) is 13.1. The first-order chi connectivity index (χ1) is 7.58. The summed E-state index contributed by atoms with van der Waals surface area (Å²) in [5.41, 5.74) is 1.92. The molecule has 0 amide bonds. The third kappa shape index (κ3) is 2.08. The average molecular weight is 328 g/mol. The van der Waals surface area contributed by atoms with Crippen LogP contribution in [0.5, 0.6) is 0 Å². The second-order valence-corrected chi connectivity index (χ2v) is 4.65. The minimum atomic E-state index is -0.904. The van der Waals surface area contributed by atoms with Crippen LogP contribution in [0.1, 0.15) is 15.9 Å². The lowest BCUT2D eigenvalue weighted by Crippen LogP contribution is -2.02. The van der Waals surface area contributed by atoms with Gasteiger partial charge in [-0.15, -0.1) is 0 Å². The fraction of sp³-hybridized carbons (Fsp3) is 0.0909. The van der Waals surface area contributed by atoms with Crippen molar-refractivity contribution in [3.8, 4) is 5.69 Å². The Morgan fingerprint density at radius 1 is 1.50 bits per heavy atom. The van der Waals surface area contributed by atoms with Gasteiger partial charge in [-0.25, -0.2) is 9.48 Å². The summed E-state index contributed by atoms with van der Waals surface area (Å²) >= 11 is 2.18. The maximum atomic E-state index is 10.9. The number of carbonyl (C=O) groups is 1. The number of nitrogens with zero attached hydrogens (tertiary/aromatic N) is 2. The van der Waals surface area contributed by atoms with Crippen molar-refractivity contribution < 1.29 is 9.90 Å². The largest absolute Gasteiger partial charge is 0.478 e. The van der Waals surface area contributed by atoms with E-state index in [9.17, 15) is 4.79 Å². The van der Waals surface area contributed by atoms with E-state index in [0.29, 0.717) is 5.56 Å². The van der Waals surface area contributed by atoms with E-state index in [-0.39, 0.29) is 0 Å². The van der Waals surface area contributed by atoms with Gasteiger partial charge in [0, 0.05) is 6.20 Å². The molecule has 0 saturated carbocycles. The fourth-order valence-corrected chi connectivity index (χ4v) is 1.86. The van der Waals surface area contributed by atoms with Crippen molar-refractivity contribution in [1.82, 2.24) is 9.78 Å². The smallest absolute Gasteiger partial charge is 0.335 e. The monoisotopic (exact) mass is 328 g/mol. The highest BCUT2D eigenvalue weighted by molar-refractivity contribution is 14.1.